The molecule has 0 bridgehead atoms. The Morgan fingerprint density at radius 2 is 2.22 bits per heavy atom. The molecule has 0 aromatic carbocycles. The van der Waals surface area contributed by atoms with Crippen molar-refractivity contribution >= 4 is 0 Å². The molecule has 0 aromatic rings. The smallest absolute Gasteiger partial charge is 0.563 e. The van der Waals surface area contributed by atoms with Crippen molar-refractivity contribution in [2.75, 3.05) is 7.11 Å². The maximum Gasteiger partial charge on any atom is 1.00 e. The fourth-order valence-electron chi connectivity index (χ4n) is 0.173. The molecule has 0 fully saturated rings. The molecule has 0 aromatic heterocycles. The molecule has 46 valence electrons. The first-order valence-corrected chi connectivity index (χ1v) is 2.26. The van der Waals surface area contributed by atoms with Crippen molar-refractivity contribution in [2.45, 2.75) is 13.2 Å². The summed E-state index contributed by atoms with van der Waals surface area (Å²) < 4.78 is 9.39. The van der Waals surface area contributed by atoms with E-state index in [1.54, 1.807) is 14.0 Å². The molecule has 1 unspecified atom stereocenters. The summed E-state index contributed by atoms with van der Waals surface area (Å²) in [6.45, 7) is 5.00. The third kappa shape index (κ3) is 7.88. The van der Waals surface area contributed by atoms with Crippen LogP contribution in [0, 0.1) is 6.26 Å². The second-order valence-corrected chi connectivity index (χ2v) is 1.20. The Kier molecular flexibility index (Phi) is 10.2. The molecule has 3 heteroatoms. The minimum Gasteiger partial charge on any atom is -0.563 e. The predicted molar refractivity (Wildman–Crippen MR) is 29.9 cm³/mol. The van der Waals surface area contributed by atoms with Gasteiger partial charge in [0.25, 0.3) is 0 Å². The second kappa shape index (κ2) is 7.88. The van der Waals surface area contributed by atoms with E-state index in [0.717, 1.165) is 0 Å². The Morgan fingerprint density at radius 3 is 2.56 bits per heavy atom. The van der Waals surface area contributed by atoms with Gasteiger partial charge in [-0.1, -0.05) is 0 Å². The molecule has 0 aliphatic carbocycles. The molecule has 0 rings (SSSR count). The number of rotatable bonds is 3. The maximum atomic E-state index is 4.70. The molecule has 0 heterocycles. The molecule has 1 atom stereocenters. The molecule has 0 amide bonds. The third-order valence-electron chi connectivity index (χ3n) is 0.629. The monoisotopic (exact) mass is 120 g/mol. The minimum absolute atomic E-state index is 0. The van der Waals surface area contributed by atoms with Gasteiger partial charge in [-0.15, -0.1) is 0 Å². The van der Waals surface area contributed by atoms with Gasteiger partial charge in [0.05, 0.1) is 0 Å². The van der Waals surface area contributed by atoms with Gasteiger partial charge in [0, 0.05) is 7.11 Å². The molecule has 0 radical (unpaired) electrons. The molecule has 0 aliphatic rings. The maximum absolute atomic E-state index is 4.70. The van der Waals surface area contributed by atoms with Crippen LogP contribution >= 0.6 is 0 Å². The predicted octanol–water partition coefficient (Wildman–Crippen LogP) is -1.90. The average Bonchev–Trinajstić information content (AvgIpc) is 1.83. The Hall–Kier alpha value is -0.123. The zero-order chi connectivity index (χ0) is 6.41. The summed E-state index contributed by atoms with van der Waals surface area (Å²) in [5.74, 6) is 0. The van der Waals surface area contributed by atoms with Crippen LogP contribution in [0.4, 0.5) is 0 Å². The van der Waals surface area contributed by atoms with Crippen LogP contribution in [0.1, 0.15) is 6.92 Å². The number of methoxy groups -OCH3 is 1. The summed E-state index contributed by atoms with van der Waals surface area (Å²) >= 11 is 0. The van der Waals surface area contributed by atoms with Crippen LogP contribution in [-0.4, -0.2) is 13.4 Å². The summed E-state index contributed by atoms with van der Waals surface area (Å²) in [7, 11) is 1.55. The van der Waals surface area contributed by atoms with E-state index in [1.165, 1.54) is 0 Å². The van der Waals surface area contributed by atoms with Crippen molar-refractivity contribution in [3.05, 3.63) is 18.6 Å². The Labute approximate surface area is 67.7 Å². The Bertz CT molecular complexity index is 97.2. The van der Waals surface area contributed by atoms with Crippen molar-refractivity contribution in [1.29, 1.82) is 0 Å². The van der Waals surface area contributed by atoms with Crippen LogP contribution in [0.5, 0.6) is 0 Å². The van der Waals surface area contributed by atoms with Gasteiger partial charge in [-0.25, -0.2) is 6.58 Å². The van der Waals surface area contributed by atoms with Crippen LogP contribution in [0.15, 0.2) is 12.3 Å². The van der Waals surface area contributed by atoms with Crippen LogP contribution in [-0.2, 0) is 9.47 Å². The molecule has 2 nitrogen and oxygen atoms in total. The normalized spacial score (nSPS) is 10.4. The van der Waals surface area contributed by atoms with E-state index in [4.69, 9.17) is 9.47 Å². The van der Waals surface area contributed by atoms with E-state index in [9.17, 15) is 0 Å². The molecule has 0 saturated heterocycles. The summed E-state index contributed by atoms with van der Waals surface area (Å²) in [6.07, 6.45) is 2.05. The topological polar surface area (TPSA) is 18.5 Å². The first-order chi connectivity index (χ1) is 3.81. The van der Waals surface area contributed by atoms with Crippen molar-refractivity contribution in [3.63, 3.8) is 0 Å². The van der Waals surface area contributed by atoms with Gasteiger partial charge in [0.1, 0.15) is 0 Å². The van der Waals surface area contributed by atoms with Gasteiger partial charge in [0.15, 0.2) is 6.29 Å². The molecule has 0 N–H and O–H groups in total. The second-order valence-electron chi connectivity index (χ2n) is 1.20. The summed E-state index contributed by atoms with van der Waals surface area (Å²) in [5, 5.41) is 0. The van der Waals surface area contributed by atoms with Gasteiger partial charge in [-0.05, 0) is 13.2 Å². The molecule has 9 heavy (non-hydrogen) atoms. The van der Waals surface area contributed by atoms with Crippen LogP contribution in [0.25, 0.3) is 0 Å². The van der Waals surface area contributed by atoms with E-state index in [0.29, 0.717) is 0 Å². The Balaban J connectivity index is 0. The number of hydrogen-bond donors (Lipinski definition) is 0. The largest absolute Gasteiger partial charge is 1.00 e. The fourth-order valence-corrected chi connectivity index (χ4v) is 0.173. The molecule has 0 saturated carbocycles. The Morgan fingerprint density at radius 1 is 1.67 bits per heavy atom. The van der Waals surface area contributed by atoms with Crippen molar-refractivity contribution in [1.82, 2.24) is 0 Å². The fraction of sp³-hybridized carbons (Fsp3) is 0.500. The zero-order valence-corrected chi connectivity index (χ0v) is 6.10. The zero-order valence-electron chi connectivity index (χ0n) is 6.10. The van der Waals surface area contributed by atoms with Crippen LogP contribution in [0.2, 0.25) is 0 Å². The van der Waals surface area contributed by atoms with Gasteiger partial charge in [-0.3, -0.25) is 5.73 Å². The van der Waals surface area contributed by atoms with Crippen LogP contribution in [0.3, 0.4) is 0 Å². The first-order valence-electron chi connectivity index (χ1n) is 2.26. The van der Waals surface area contributed by atoms with Gasteiger partial charge in [0.2, 0.25) is 0 Å². The molecule has 0 spiro atoms. The average molecular weight is 120 g/mol. The molecular formula is C6H9LiO2. The van der Waals surface area contributed by atoms with Gasteiger partial charge < -0.3 is 9.47 Å². The van der Waals surface area contributed by atoms with E-state index < -0.39 is 0 Å². The van der Waals surface area contributed by atoms with E-state index in [1.807, 2.05) is 0 Å². The minimum atomic E-state index is -0.260. The third-order valence-corrected chi connectivity index (χ3v) is 0.629. The molecular weight excluding hydrogens is 111 g/mol. The van der Waals surface area contributed by atoms with Crippen molar-refractivity contribution in [2.24, 2.45) is 0 Å². The van der Waals surface area contributed by atoms with E-state index in [2.05, 4.69) is 18.6 Å². The summed E-state index contributed by atoms with van der Waals surface area (Å²) in [5.41, 5.74) is 2.33. The number of ether oxygens (including phenoxy) is 2. The van der Waals surface area contributed by atoms with Gasteiger partial charge >= 0.3 is 18.9 Å². The SMILES string of the molecule is C=C=[C-]OC(C)OC.[Li+]. The van der Waals surface area contributed by atoms with Gasteiger partial charge in [-0.2, -0.15) is 0 Å². The summed E-state index contributed by atoms with van der Waals surface area (Å²) in [4.78, 5) is 0. The van der Waals surface area contributed by atoms with Crippen molar-refractivity contribution < 1.29 is 28.3 Å². The first kappa shape index (κ1) is 11.6. The van der Waals surface area contributed by atoms with E-state index >= 15 is 0 Å². The van der Waals surface area contributed by atoms with Crippen molar-refractivity contribution in [3.8, 4) is 0 Å². The summed E-state index contributed by atoms with van der Waals surface area (Å²) in [6, 6.07) is 0. The molecule has 0 aliphatic heterocycles. The quantitative estimate of drug-likeness (QED) is 0.142. The number of hydrogen-bond acceptors (Lipinski definition) is 2. The van der Waals surface area contributed by atoms with E-state index in [-0.39, 0.29) is 25.2 Å². The van der Waals surface area contributed by atoms with Crippen LogP contribution < -0.4 is 18.9 Å². The standard InChI is InChI=1S/C6H9O2.Li/c1-4-5-8-6(2)7-3;/h6H,1H2,2-3H3;/q-1;+1.